The van der Waals surface area contributed by atoms with Gasteiger partial charge < -0.3 is 4.90 Å². The van der Waals surface area contributed by atoms with Crippen LogP contribution in [0.1, 0.15) is 41.3 Å². The zero-order valence-electron chi connectivity index (χ0n) is 17.8. The summed E-state index contributed by atoms with van der Waals surface area (Å²) in [5.41, 5.74) is 2.87. The molecule has 2 aromatic carbocycles. The van der Waals surface area contributed by atoms with Crippen molar-refractivity contribution in [1.82, 2.24) is 9.88 Å². The number of hydrogen-bond acceptors (Lipinski definition) is 4. The fourth-order valence-electron chi connectivity index (χ4n) is 3.19. The van der Waals surface area contributed by atoms with Gasteiger partial charge in [-0.2, -0.15) is 0 Å². The average Bonchev–Trinajstić information content (AvgIpc) is 2.78. The largest absolute Gasteiger partial charge is 0.337 e. The van der Waals surface area contributed by atoms with Crippen molar-refractivity contribution < 1.29 is 13.2 Å². The van der Waals surface area contributed by atoms with Gasteiger partial charge in [-0.25, -0.2) is 8.42 Å². The van der Waals surface area contributed by atoms with E-state index in [1.807, 2.05) is 24.3 Å². The highest BCUT2D eigenvalue weighted by Crippen LogP contribution is 2.19. The molecule has 0 radical (unpaired) electrons. The van der Waals surface area contributed by atoms with Crippen LogP contribution in [0.15, 0.2) is 78.0 Å². The van der Waals surface area contributed by atoms with Crippen molar-refractivity contribution in [3.8, 4) is 0 Å². The Morgan fingerprint density at radius 1 is 1.03 bits per heavy atom. The number of aryl methyl sites for hydroxylation is 1. The average molecular weight is 438 g/mol. The SMILES string of the molecule is CCCCc1ccc(NS(=O)(=O)c2cccc(C(=O)N(C)Cc3cccnc3)c2)cc1. The number of pyridine rings is 1. The molecular weight excluding hydrogens is 410 g/mol. The molecule has 3 rings (SSSR count). The molecule has 0 aliphatic heterocycles. The van der Waals surface area contributed by atoms with Crippen molar-refractivity contribution in [3.05, 3.63) is 89.7 Å². The minimum absolute atomic E-state index is 0.0446. The molecule has 6 nitrogen and oxygen atoms in total. The predicted molar refractivity (Wildman–Crippen MR) is 122 cm³/mol. The van der Waals surface area contributed by atoms with Gasteiger partial charge in [-0.1, -0.05) is 37.6 Å². The van der Waals surface area contributed by atoms with Crippen molar-refractivity contribution >= 4 is 21.6 Å². The molecule has 0 saturated heterocycles. The fraction of sp³-hybridized carbons (Fsp3) is 0.250. The maximum absolute atomic E-state index is 12.8. The van der Waals surface area contributed by atoms with E-state index < -0.39 is 10.0 Å². The molecule has 162 valence electrons. The number of benzene rings is 2. The molecule has 0 spiro atoms. The van der Waals surface area contributed by atoms with E-state index >= 15 is 0 Å². The minimum atomic E-state index is -3.81. The second-order valence-electron chi connectivity index (χ2n) is 7.46. The van der Waals surface area contributed by atoms with Crippen molar-refractivity contribution in [2.24, 2.45) is 0 Å². The smallest absolute Gasteiger partial charge is 0.261 e. The van der Waals surface area contributed by atoms with Gasteiger partial charge in [0.2, 0.25) is 0 Å². The normalized spacial score (nSPS) is 11.2. The summed E-state index contributed by atoms with van der Waals surface area (Å²) in [5.74, 6) is -0.263. The van der Waals surface area contributed by atoms with Gasteiger partial charge in [0.15, 0.2) is 0 Å². The van der Waals surface area contributed by atoms with E-state index in [4.69, 9.17) is 0 Å². The fourth-order valence-corrected chi connectivity index (χ4v) is 4.29. The molecule has 0 unspecified atom stereocenters. The van der Waals surface area contributed by atoms with Gasteiger partial charge in [-0.15, -0.1) is 0 Å². The molecule has 1 N–H and O–H groups in total. The van der Waals surface area contributed by atoms with E-state index in [0.29, 0.717) is 17.8 Å². The predicted octanol–water partition coefficient (Wildman–Crippen LogP) is 4.50. The Hall–Kier alpha value is -3.19. The van der Waals surface area contributed by atoms with Crippen molar-refractivity contribution in [2.75, 3.05) is 11.8 Å². The first-order chi connectivity index (χ1) is 14.9. The highest BCUT2D eigenvalue weighted by Gasteiger charge is 2.18. The van der Waals surface area contributed by atoms with Gasteiger partial charge in [0.05, 0.1) is 4.90 Å². The van der Waals surface area contributed by atoms with E-state index in [9.17, 15) is 13.2 Å². The molecule has 1 heterocycles. The van der Waals surface area contributed by atoms with Crippen LogP contribution in [0.3, 0.4) is 0 Å². The zero-order chi connectivity index (χ0) is 22.3. The Morgan fingerprint density at radius 3 is 2.48 bits per heavy atom. The summed E-state index contributed by atoms with van der Waals surface area (Å²) in [6.45, 7) is 2.52. The molecule has 1 aromatic heterocycles. The van der Waals surface area contributed by atoms with E-state index in [1.54, 1.807) is 43.7 Å². The van der Waals surface area contributed by atoms with Gasteiger partial charge in [0.1, 0.15) is 0 Å². The molecule has 7 heteroatoms. The van der Waals surface area contributed by atoms with Gasteiger partial charge in [0, 0.05) is 37.2 Å². The van der Waals surface area contributed by atoms with Crippen LogP contribution in [0.5, 0.6) is 0 Å². The summed E-state index contributed by atoms with van der Waals surface area (Å²) in [5, 5.41) is 0. The maximum Gasteiger partial charge on any atom is 0.261 e. The molecule has 3 aromatic rings. The lowest BCUT2D eigenvalue weighted by Gasteiger charge is -2.17. The number of carbonyl (C=O) groups excluding carboxylic acids is 1. The molecule has 0 fully saturated rings. The number of amides is 1. The number of nitrogens with one attached hydrogen (secondary N) is 1. The molecule has 0 aliphatic carbocycles. The number of rotatable bonds is 9. The molecular formula is C24H27N3O3S. The van der Waals surface area contributed by atoms with Crippen LogP contribution in [0, 0.1) is 0 Å². The number of hydrogen-bond donors (Lipinski definition) is 1. The lowest BCUT2D eigenvalue weighted by Crippen LogP contribution is -2.26. The Labute approximate surface area is 184 Å². The molecule has 1 amide bonds. The summed E-state index contributed by atoms with van der Waals surface area (Å²) in [4.78, 5) is 18.4. The second kappa shape index (κ2) is 10.2. The third-order valence-corrected chi connectivity index (χ3v) is 6.28. The summed E-state index contributed by atoms with van der Waals surface area (Å²) in [7, 11) is -2.14. The molecule has 0 bridgehead atoms. The summed E-state index contributed by atoms with van der Waals surface area (Å²) < 4.78 is 28.3. The molecule has 31 heavy (non-hydrogen) atoms. The number of carbonyl (C=O) groups is 1. The Kier molecular flexibility index (Phi) is 7.41. The summed E-state index contributed by atoms with van der Waals surface area (Å²) in [6.07, 6.45) is 6.55. The van der Waals surface area contributed by atoms with E-state index in [0.717, 1.165) is 24.8 Å². The number of anilines is 1. The van der Waals surface area contributed by atoms with Crippen LogP contribution >= 0.6 is 0 Å². The number of sulfonamides is 1. The number of nitrogens with zero attached hydrogens (tertiary/aromatic N) is 2. The third-order valence-electron chi connectivity index (χ3n) is 4.91. The van der Waals surface area contributed by atoms with Crippen molar-refractivity contribution in [3.63, 3.8) is 0 Å². The molecule has 0 atom stereocenters. The van der Waals surface area contributed by atoms with E-state index in [1.165, 1.54) is 22.6 Å². The van der Waals surface area contributed by atoms with Crippen LogP contribution < -0.4 is 4.72 Å². The Bertz CT molecular complexity index is 1110. The lowest BCUT2D eigenvalue weighted by molar-refractivity contribution is 0.0784. The third kappa shape index (κ3) is 6.15. The van der Waals surface area contributed by atoms with Crippen LogP contribution in [0.25, 0.3) is 0 Å². The van der Waals surface area contributed by atoms with E-state index in [2.05, 4.69) is 16.6 Å². The molecule has 0 saturated carbocycles. The Balaban J connectivity index is 1.72. The van der Waals surface area contributed by atoms with Crippen LogP contribution in [-0.2, 0) is 23.0 Å². The standard InChI is InChI=1S/C24H27N3O3S/c1-3-4-7-19-11-13-22(14-12-19)26-31(29,30)23-10-5-9-21(16-23)24(28)27(2)18-20-8-6-15-25-17-20/h5-6,8-17,26H,3-4,7,18H2,1-2H3. The second-order valence-corrected chi connectivity index (χ2v) is 9.14. The highest BCUT2D eigenvalue weighted by molar-refractivity contribution is 7.92. The number of unbranched alkanes of at least 4 members (excludes halogenated alkanes) is 1. The lowest BCUT2D eigenvalue weighted by atomic mass is 10.1. The first kappa shape index (κ1) is 22.5. The van der Waals surface area contributed by atoms with Gasteiger partial charge in [-0.05, 0) is 60.4 Å². The number of aromatic nitrogens is 1. The van der Waals surface area contributed by atoms with Crippen LogP contribution in [0.4, 0.5) is 5.69 Å². The monoisotopic (exact) mass is 437 g/mol. The van der Waals surface area contributed by atoms with Crippen molar-refractivity contribution in [2.45, 2.75) is 37.6 Å². The van der Waals surface area contributed by atoms with Gasteiger partial charge >= 0.3 is 0 Å². The Morgan fingerprint density at radius 2 is 1.81 bits per heavy atom. The minimum Gasteiger partial charge on any atom is -0.337 e. The van der Waals surface area contributed by atoms with E-state index in [-0.39, 0.29) is 10.8 Å². The van der Waals surface area contributed by atoms with Gasteiger partial charge in [0.25, 0.3) is 15.9 Å². The first-order valence-corrected chi connectivity index (χ1v) is 11.7. The first-order valence-electron chi connectivity index (χ1n) is 10.3. The molecule has 0 aliphatic rings. The van der Waals surface area contributed by atoms with Crippen LogP contribution in [0.2, 0.25) is 0 Å². The quantitative estimate of drug-likeness (QED) is 0.535. The van der Waals surface area contributed by atoms with Crippen LogP contribution in [-0.4, -0.2) is 31.3 Å². The van der Waals surface area contributed by atoms with Gasteiger partial charge in [-0.3, -0.25) is 14.5 Å². The highest BCUT2D eigenvalue weighted by atomic mass is 32.2. The van der Waals surface area contributed by atoms with Crippen molar-refractivity contribution in [1.29, 1.82) is 0 Å². The summed E-state index contributed by atoms with van der Waals surface area (Å²) >= 11 is 0. The summed E-state index contributed by atoms with van der Waals surface area (Å²) in [6, 6.07) is 17.2. The zero-order valence-corrected chi connectivity index (χ0v) is 18.6. The maximum atomic E-state index is 12.8. The topological polar surface area (TPSA) is 79.4 Å².